The van der Waals surface area contributed by atoms with Crippen LogP contribution >= 0.6 is 11.8 Å². The molecule has 0 spiro atoms. The Labute approximate surface area is 108 Å². The first-order valence-corrected chi connectivity index (χ1v) is 8.28. The van der Waals surface area contributed by atoms with Crippen LogP contribution in [0.1, 0.15) is 0 Å². The predicted molar refractivity (Wildman–Crippen MR) is 76.6 cm³/mol. The van der Waals surface area contributed by atoms with Crippen molar-refractivity contribution in [1.29, 1.82) is 0 Å². The van der Waals surface area contributed by atoms with Gasteiger partial charge in [0.25, 0.3) is 0 Å². The monoisotopic (exact) mass is 264 g/mol. The Bertz CT molecular complexity index is 451. The topological polar surface area (TPSA) is 0 Å². The summed E-state index contributed by atoms with van der Waals surface area (Å²) in [5.74, 6) is 0. The van der Waals surface area contributed by atoms with E-state index in [0.717, 1.165) is 5.08 Å². The van der Waals surface area contributed by atoms with Crippen molar-refractivity contribution < 1.29 is 0 Å². The second kappa shape index (κ2) is 6.18. The summed E-state index contributed by atoms with van der Waals surface area (Å²) < 4.78 is 0. The zero-order chi connectivity index (χ0) is 11.2. The standard InChI is InChI=1S/C13H12S3/c14-16(13-9-5-2-6-10-13)11-15-12-7-3-1-4-8-12/h1-10H,11H2. The molecule has 1 atom stereocenters. The first-order chi connectivity index (χ1) is 7.86. The van der Waals surface area contributed by atoms with Crippen molar-refractivity contribution in [1.82, 2.24) is 0 Å². The summed E-state index contributed by atoms with van der Waals surface area (Å²) >= 11 is 7.34. The molecule has 0 fully saturated rings. The average Bonchev–Trinajstić information content (AvgIpc) is 2.38. The zero-order valence-corrected chi connectivity index (χ0v) is 11.2. The minimum atomic E-state index is -0.0876. The van der Waals surface area contributed by atoms with Crippen LogP contribution in [0.5, 0.6) is 0 Å². The van der Waals surface area contributed by atoms with Crippen LogP contribution in [-0.4, -0.2) is 5.08 Å². The predicted octanol–water partition coefficient (Wildman–Crippen LogP) is 3.88. The zero-order valence-electron chi connectivity index (χ0n) is 8.71. The van der Waals surface area contributed by atoms with Gasteiger partial charge in [-0.15, -0.1) is 11.8 Å². The van der Waals surface area contributed by atoms with Crippen LogP contribution in [0.2, 0.25) is 0 Å². The third-order valence-electron chi connectivity index (χ3n) is 2.08. The SMILES string of the molecule is S=S(CSc1ccccc1)c1ccccc1. The van der Waals surface area contributed by atoms with E-state index in [4.69, 9.17) is 11.2 Å². The number of rotatable bonds is 4. The Hall–Kier alpha value is -0.640. The third-order valence-corrected chi connectivity index (χ3v) is 6.26. The van der Waals surface area contributed by atoms with Gasteiger partial charge < -0.3 is 0 Å². The molecule has 0 aromatic heterocycles. The van der Waals surface area contributed by atoms with Crippen LogP contribution < -0.4 is 0 Å². The molecule has 2 aromatic carbocycles. The van der Waals surface area contributed by atoms with Crippen LogP contribution in [0.4, 0.5) is 0 Å². The quantitative estimate of drug-likeness (QED) is 0.769. The number of hydrogen-bond donors (Lipinski definition) is 0. The maximum atomic E-state index is 5.51. The minimum Gasteiger partial charge on any atom is -0.115 e. The summed E-state index contributed by atoms with van der Waals surface area (Å²) in [5, 5.41) is 0.976. The fourth-order valence-electron chi connectivity index (χ4n) is 1.28. The fraction of sp³-hybridized carbons (Fsp3) is 0.0769. The van der Waals surface area contributed by atoms with Gasteiger partial charge in [-0.2, -0.15) is 0 Å². The van der Waals surface area contributed by atoms with Crippen LogP contribution in [0.15, 0.2) is 70.5 Å². The second-order valence-corrected chi connectivity index (χ2v) is 7.31. The molecule has 0 aliphatic rings. The molecule has 2 aromatic rings. The Morgan fingerprint density at radius 2 is 1.44 bits per heavy atom. The largest absolute Gasteiger partial charge is 0.115 e. The molecule has 0 bridgehead atoms. The molecule has 2 rings (SSSR count). The summed E-state index contributed by atoms with van der Waals surface area (Å²) in [6.07, 6.45) is 0. The first kappa shape index (κ1) is 11.8. The van der Waals surface area contributed by atoms with E-state index in [1.165, 1.54) is 9.79 Å². The van der Waals surface area contributed by atoms with E-state index in [9.17, 15) is 0 Å². The first-order valence-electron chi connectivity index (χ1n) is 4.97. The molecule has 0 aliphatic carbocycles. The molecule has 0 amide bonds. The average molecular weight is 264 g/mol. The van der Waals surface area contributed by atoms with E-state index in [-0.39, 0.29) is 9.45 Å². The molecule has 0 nitrogen and oxygen atoms in total. The molecule has 82 valence electrons. The maximum absolute atomic E-state index is 5.51. The summed E-state index contributed by atoms with van der Waals surface area (Å²) in [6, 6.07) is 20.8. The molecule has 16 heavy (non-hydrogen) atoms. The van der Waals surface area contributed by atoms with Crippen molar-refractivity contribution in [3.05, 3.63) is 60.7 Å². The van der Waals surface area contributed by atoms with E-state index in [1.807, 2.05) is 23.9 Å². The number of thioether (sulfide) groups is 1. The highest BCUT2D eigenvalue weighted by Crippen LogP contribution is 2.20. The van der Waals surface area contributed by atoms with Gasteiger partial charge in [0.15, 0.2) is 0 Å². The van der Waals surface area contributed by atoms with Gasteiger partial charge in [0.05, 0.1) is 5.08 Å². The number of benzene rings is 2. The minimum absolute atomic E-state index is 0.0876. The van der Waals surface area contributed by atoms with Crippen LogP contribution in [0, 0.1) is 0 Å². The van der Waals surface area contributed by atoms with E-state index >= 15 is 0 Å². The van der Waals surface area contributed by atoms with Gasteiger partial charge in [0.1, 0.15) is 0 Å². The van der Waals surface area contributed by atoms with Crippen LogP contribution in [0.3, 0.4) is 0 Å². The Kier molecular flexibility index (Phi) is 4.57. The lowest BCUT2D eigenvalue weighted by Gasteiger charge is -2.05. The van der Waals surface area contributed by atoms with Crippen LogP contribution in [0.25, 0.3) is 0 Å². The number of hydrogen-bond acceptors (Lipinski definition) is 2. The Morgan fingerprint density at radius 1 is 0.875 bits per heavy atom. The fourth-order valence-corrected chi connectivity index (χ4v) is 4.37. The van der Waals surface area contributed by atoms with Gasteiger partial charge >= 0.3 is 0 Å². The van der Waals surface area contributed by atoms with Gasteiger partial charge in [0.2, 0.25) is 0 Å². The highest BCUT2D eigenvalue weighted by molar-refractivity contribution is 8.33. The third kappa shape index (κ3) is 3.44. The molecule has 3 heteroatoms. The molecular weight excluding hydrogens is 252 g/mol. The summed E-state index contributed by atoms with van der Waals surface area (Å²) in [6.45, 7) is 0. The van der Waals surface area contributed by atoms with Crippen molar-refractivity contribution in [2.24, 2.45) is 0 Å². The molecule has 0 N–H and O–H groups in total. The highest BCUT2D eigenvalue weighted by atomic mass is 32.8. The molecule has 0 saturated heterocycles. The molecule has 0 heterocycles. The van der Waals surface area contributed by atoms with Gasteiger partial charge in [-0.1, -0.05) is 45.9 Å². The van der Waals surface area contributed by atoms with Crippen molar-refractivity contribution >= 4 is 32.4 Å². The second-order valence-electron chi connectivity index (χ2n) is 3.23. The smallest absolute Gasteiger partial charge is 0.0530 e. The lowest BCUT2D eigenvalue weighted by atomic mass is 10.4. The molecule has 0 aliphatic heterocycles. The van der Waals surface area contributed by atoms with E-state index in [2.05, 4.69) is 48.5 Å². The lowest BCUT2D eigenvalue weighted by molar-refractivity contribution is 1.45. The summed E-state index contributed by atoms with van der Waals surface area (Å²) in [7, 11) is -0.0876. The van der Waals surface area contributed by atoms with Gasteiger partial charge in [-0.3, -0.25) is 0 Å². The molecular formula is C13H12S3. The van der Waals surface area contributed by atoms with E-state index in [1.54, 1.807) is 0 Å². The van der Waals surface area contributed by atoms with Crippen LogP contribution in [-0.2, 0) is 20.6 Å². The Balaban J connectivity index is 1.95. The van der Waals surface area contributed by atoms with E-state index in [0.29, 0.717) is 0 Å². The van der Waals surface area contributed by atoms with Crippen molar-refractivity contribution in [3.63, 3.8) is 0 Å². The van der Waals surface area contributed by atoms with Crippen molar-refractivity contribution in [2.75, 3.05) is 5.08 Å². The van der Waals surface area contributed by atoms with Gasteiger partial charge in [0, 0.05) is 9.79 Å². The summed E-state index contributed by atoms with van der Waals surface area (Å²) in [5.41, 5.74) is 0. The Morgan fingerprint density at radius 3 is 2.06 bits per heavy atom. The van der Waals surface area contributed by atoms with Gasteiger partial charge in [-0.05, 0) is 35.5 Å². The molecule has 0 radical (unpaired) electrons. The normalized spacial score (nSPS) is 12.2. The highest BCUT2D eigenvalue weighted by Gasteiger charge is 1.99. The van der Waals surface area contributed by atoms with Crippen molar-refractivity contribution in [3.8, 4) is 0 Å². The van der Waals surface area contributed by atoms with Crippen molar-refractivity contribution in [2.45, 2.75) is 9.79 Å². The van der Waals surface area contributed by atoms with E-state index < -0.39 is 0 Å². The summed E-state index contributed by atoms with van der Waals surface area (Å²) in [4.78, 5) is 2.56. The maximum Gasteiger partial charge on any atom is 0.0530 e. The van der Waals surface area contributed by atoms with Gasteiger partial charge in [-0.25, -0.2) is 0 Å². The molecule has 1 unspecified atom stereocenters. The molecule has 0 saturated carbocycles. The lowest BCUT2D eigenvalue weighted by Crippen LogP contribution is -1.91.